The Kier molecular flexibility index (Phi) is 5.21. The monoisotopic (exact) mass is 395 g/mol. The van der Waals surface area contributed by atoms with Crippen molar-refractivity contribution >= 4 is 31.6 Å². The summed E-state index contributed by atoms with van der Waals surface area (Å²) in [5.74, 6) is 0. The standard InChI is InChI=1S/C18H22BrNO2S/c1-5-13-12-14(19)10-11-17(13)23(21,22)20-16-9-7-6-8-15(16)18(2,3)4/h6-12,20H,5H2,1-4H3. The molecule has 0 unspecified atom stereocenters. The Balaban J connectivity index is 2.48. The lowest BCUT2D eigenvalue weighted by atomic mass is 9.86. The SMILES string of the molecule is CCc1cc(Br)ccc1S(=O)(=O)Nc1ccccc1C(C)(C)C. The molecular weight excluding hydrogens is 374 g/mol. The van der Waals surface area contributed by atoms with E-state index in [2.05, 4.69) is 41.4 Å². The number of nitrogens with one attached hydrogen (secondary N) is 1. The summed E-state index contributed by atoms with van der Waals surface area (Å²) in [6.45, 7) is 8.15. The van der Waals surface area contributed by atoms with Gasteiger partial charge in [-0.15, -0.1) is 0 Å². The number of sulfonamides is 1. The van der Waals surface area contributed by atoms with E-state index in [0.717, 1.165) is 15.6 Å². The number of hydrogen-bond acceptors (Lipinski definition) is 2. The van der Waals surface area contributed by atoms with Crippen LogP contribution in [0.25, 0.3) is 0 Å². The summed E-state index contributed by atoms with van der Waals surface area (Å²) in [6.07, 6.45) is 0.649. The van der Waals surface area contributed by atoms with Crippen LogP contribution < -0.4 is 4.72 Å². The van der Waals surface area contributed by atoms with Crippen LogP contribution in [0.5, 0.6) is 0 Å². The molecule has 0 aromatic heterocycles. The minimum Gasteiger partial charge on any atom is -0.279 e. The van der Waals surface area contributed by atoms with Crippen molar-refractivity contribution in [3.63, 3.8) is 0 Å². The highest BCUT2D eigenvalue weighted by Gasteiger charge is 2.23. The van der Waals surface area contributed by atoms with Crippen molar-refractivity contribution in [3.8, 4) is 0 Å². The van der Waals surface area contributed by atoms with Crippen LogP contribution in [0, 0.1) is 0 Å². The van der Waals surface area contributed by atoms with E-state index in [9.17, 15) is 8.42 Å². The zero-order valence-corrected chi connectivity index (χ0v) is 16.3. The van der Waals surface area contributed by atoms with Gasteiger partial charge in [0.25, 0.3) is 10.0 Å². The van der Waals surface area contributed by atoms with Crippen molar-refractivity contribution in [3.05, 3.63) is 58.1 Å². The molecule has 0 aliphatic rings. The van der Waals surface area contributed by atoms with Crippen molar-refractivity contribution < 1.29 is 8.42 Å². The molecule has 23 heavy (non-hydrogen) atoms. The predicted molar refractivity (Wildman–Crippen MR) is 99.5 cm³/mol. The van der Waals surface area contributed by atoms with Gasteiger partial charge < -0.3 is 0 Å². The Morgan fingerprint density at radius 1 is 1.09 bits per heavy atom. The van der Waals surface area contributed by atoms with E-state index in [4.69, 9.17) is 0 Å². The Hall–Kier alpha value is -1.33. The molecule has 2 aromatic carbocycles. The first-order valence-corrected chi connectivity index (χ1v) is 9.83. The molecule has 124 valence electrons. The van der Waals surface area contributed by atoms with E-state index in [0.29, 0.717) is 17.0 Å². The third-order valence-electron chi connectivity index (χ3n) is 3.67. The maximum atomic E-state index is 12.8. The van der Waals surface area contributed by atoms with Gasteiger partial charge in [-0.2, -0.15) is 0 Å². The first-order chi connectivity index (χ1) is 10.6. The summed E-state index contributed by atoms with van der Waals surface area (Å²) in [5, 5.41) is 0. The quantitative estimate of drug-likeness (QED) is 0.781. The van der Waals surface area contributed by atoms with Crippen molar-refractivity contribution in [1.29, 1.82) is 0 Å². The normalized spacial score (nSPS) is 12.2. The van der Waals surface area contributed by atoms with Crippen LogP contribution in [0.2, 0.25) is 0 Å². The van der Waals surface area contributed by atoms with Crippen LogP contribution in [0.3, 0.4) is 0 Å². The summed E-state index contributed by atoms with van der Waals surface area (Å²) >= 11 is 3.39. The lowest BCUT2D eigenvalue weighted by Gasteiger charge is -2.23. The number of aryl methyl sites for hydroxylation is 1. The third-order valence-corrected chi connectivity index (χ3v) is 5.63. The van der Waals surface area contributed by atoms with Gasteiger partial charge in [-0.25, -0.2) is 8.42 Å². The first-order valence-electron chi connectivity index (χ1n) is 7.56. The third kappa shape index (κ3) is 4.15. The van der Waals surface area contributed by atoms with Gasteiger partial charge in [0, 0.05) is 4.47 Å². The van der Waals surface area contributed by atoms with Crippen LogP contribution in [0.1, 0.15) is 38.8 Å². The van der Waals surface area contributed by atoms with Crippen LogP contribution in [0.15, 0.2) is 51.8 Å². The fourth-order valence-electron chi connectivity index (χ4n) is 2.51. The fourth-order valence-corrected chi connectivity index (χ4v) is 4.29. The molecule has 0 radical (unpaired) electrons. The molecule has 1 N–H and O–H groups in total. The topological polar surface area (TPSA) is 46.2 Å². The van der Waals surface area contributed by atoms with Gasteiger partial charge in [-0.1, -0.05) is 61.8 Å². The average Bonchev–Trinajstić information content (AvgIpc) is 2.45. The predicted octanol–water partition coefficient (Wildman–Crippen LogP) is 5.11. The van der Waals surface area contributed by atoms with E-state index in [-0.39, 0.29) is 5.41 Å². The van der Waals surface area contributed by atoms with Gasteiger partial charge in [0.1, 0.15) is 0 Å². The molecule has 2 aromatic rings. The van der Waals surface area contributed by atoms with Crippen LogP contribution >= 0.6 is 15.9 Å². The van der Waals surface area contributed by atoms with Gasteiger partial charge in [-0.3, -0.25) is 4.72 Å². The molecule has 5 heteroatoms. The van der Waals surface area contributed by atoms with Gasteiger partial charge in [-0.05, 0) is 47.2 Å². The molecule has 0 aliphatic carbocycles. The van der Waals surface area contributed by atoms with E-state index in [1.54, 1.807) is 12.1 Å². The molecule has 0 fully saturated rings. The molecule has 0 spiro atoms. The minimum absolute atomic E-state index is 0.146. The van der Waals surface area contributed by atoms with E-state index < -0.39 is 10.0 Å². The summed E-state index contributed by atoms with van der Waals surface area (Å²) in [6, 6.07) is 12.8. The number of halogens is 1. The van der Waals surface area contributed by atoms with Crippen molar-refractivity contribution in [2.45, 2.75) is 44.4 Å². The molecule has 0 amide bonds. The smallest absolute Gasteiger partial charge is 0.262 e. The number of anilines is 1. The van der Waals surface area contributed by atoms with E-state index in [1.165, 1.54) is 0 Å². The highest BCUT2D eigenvalue weighted by atomic mass is 79.9. The number of para-hydroxylation sites is 1. The second-order valence-corrected chi connectivity index (χ2v) is 9.07. The fraction of sp³-hybridized carbons (Fsp3) is 0.333. The highest BCUT2D eigenvalue weighted by molar-refractivity contribution is 9.10. The maximum Gasteiger partial charge on any atom is 0.262 e. The Morgan fingerprint density at radius 3 is 2.35 bits per heavy atom. The lowest BCUT2D eigenvalue weighted by Crippen LogP contribution is -2.20. The van der Waals surface area contributed by atoms with E-state index >= 15 is 0 Å². The largest absolute Gasteiger partial charge is 0.279 e. The second-order valence-electron chi connectivity index (χ2n) is 6.51. The summed E-state index contributed by atoms with van der Waals surface area (Å²) < 4.78 is 29.3. The number of rotatable bonds is 4. The number of benzene rings is 2. The van der Waals surface area contributed by atoms with Gasteiger partial charge >= 0.3 is 0 Å². The van der Waals surface area contributed by atoms with Crippen LogP contribution in [0.4, 0.5) is 5.69 Å². The molecular formula is C18H22BrNO2S. The van der Waals surface area contributed by atoms with Crippen LogP contribution in [-0.4, -0.2) is 8.42 Å². The second kappa shape index (κ2) is 6.65. The molecule has 0 bridgehead atoms. The van der Waals surface area contributed by atoms with Crippen molar-refractivity contribution in [2.75, 3.05) is 4.72 Å². The maximum absolute atomic E-state index is 12.8. The zero-order valence-electron chi connectivity index (χ0n) is 13.9. The Labute approximate surface area is 147 Å². The Morgan fingerprint density at radius 2 is 1.74 bits per heavy atom. The molecule has 3 nitrogen and oxygen atoms in total. The molecule has 0 atom stereocenters. The molecule has 2 rings (SSSR count). The highest BCUT2D eigenvalue weighted by Crippen LogP contribution is 2.31. The molecule has 0 heterocycles. The van der Waals surface area contributed by atoms with Gasteiger partial charge in [0.15, 0.2) is 0 Å². The average molecular weight is 396 g/mol. The van der Waals surface area contributed by atoms with E-state index in [1.807, 2.05) is 37.3 Å². The first kappa shape index (κ1) is 18.0. The van der Waals surface area contributed by atoms with Crippen LogP contribution in [-0.2, 0) is 21.9 Å². The molecule has 0 aliphatic heterocycles. The summed E-state index contributed by atoms with van der Waals surface area (Å²) in [7, 11) is -3.63. The van der Waals surface area contributed by atoms with Crippen molar-refractivity contribution in [1.82, 2.24) is 0 Å². The zero-order chi connectivity index (χ0) is 17.3. The van der Waals surface area contributed by atoms with Gasteiger partial charge in [0.05, 0.1) is 10.6 Å². The van der Waals surface area contributed by atoms with Gasteiger partial charge in [0.2, 0.25) is 0 Å². The van der Waals surface area contributed by atoms with Crippen molar-refractivity contribution in [2.24, 2.45) is 0 Å². The summed E-state index contributed by atoms with van der Waals surface area (Å²) in [5.41, 5.74) is 2.25. The number of hydrogen-bond donors (Lipinski definition) is 1. The summed E-state index contributed by atoms with van der Waals surface area (Å²) in [4.78, 5) is 0.326. The molecule has 0 saturated heterocycles. The minimum atomic E-state index is -3.63. The lowest BCUT2D eigenvalue weighted by molar-refractivity contribution is 0.590. The Bertz CT molecular complexity index is 808. The molecule has 0 saturated carbocycles.